The van der Waals surface area contributed by atoms with Gasteiger partial charge in [0, 0.05) is 23.5 Å². The molecule has 0 aliphatic rings. The second-order valence-corrected chi connectivity index (χ2v) is 6.14. The second-order valence-electron chi connectivity index (χ2n) is 6.14. The van der Waals surface area contributed by atoms with Crippen molar-refractivity contribution in [1.82, 2.24) is 14.8 Å². The molecule has 0 radical (unpaired) electrons. The lowest BCUT2D eigenvalue weighted by Crippen LogP contribution is -2.20. The van der Waals surface area contributed by atoms with E-state index < -0.39 is 0 Å². The highest BCUT2D eigenvalue weighted by atomic mass is 16.4. The zero-order chi connectivity index (χ0) is 18.0. The zero-order valence-electron chi connectivity index (χ0n) is 15.0. The number of hydrogen-bond acceptors (Lipinski definition) is 4. The van der Waals surface area contributed by atoms with Crippen LogP contribution in [0.4, 0.5) is 5.69 Å². The number of rotatable bonds is 5. The lowest BCUT2D eigenvalue weighted by atomic mass is 10.2. The van der Waals surface area contributed by atoms with Gasteiger partial charge in [-0.1, -0.05) is 24.6 Å². The van der Waals surface area contributed by atoms with Crippen molar-refractivity contribution in [2.45, 2.75) is 40.7 Å². The summed E-state index contributed by atoms with van der Waals surface area (Å²) in [4.78, 5) is 12.4. The number of carbonyl (C=O) groups excluding carboxylic acids is 1. The average Bonchev–Trinajstić information content (AvgIpc) is 3.17. The molecule has 1 N–H and O–H groups in total. The van der Waals surface area contributed by atoms with Crippen LogP contribution in [-0.2, 0) is 17.8 Å². The van der Waals surface area contributed by atoms with Gasteiger partial charge in [-0.05, 0) is 39.0 Å². The third-order valence-corrected chi connectivity index (χ3v) is 4.21. The predicted molar refractivity (Wildman–Crippen MR) is 96.4 cm³/mol. The summed E-state index contributed by atoms with van der Waals surface area (Å²) in [6, 6.07) is 9.72. The maximum atomic E-state index is 12.4. The molecule has 0 atom stereocenters. The molecule has 0 aliphatic carbocycles. The highest BCUT2D eigenvalue weighted by molar-refractivity contribution is 5.90. The van der Waals surface area contributed by atoms with Crippen LogP contribution in [0.3, 0.4) is 0 Å². The summed E-state index contributed by atoms with van der Waals surface area (Å²) in [6.07, 6.45) is 0.699. The number of nitrogens with zero attached hydrogens (tertiary/aromatic N) is 3. The van der Waals surface area contributed by atoms with Gasteiger partial charge < -0.3 is 14.3 Å². The highest BCUT2D eigenvalue weighted by Crippen LogP contribution is 2.26. The van der Waals surface area contributed by atoms with Gasteiger partial charge in [0.15, 0.2) is 0 Å². The number of anilines is 1. The van der Waals surface area contributed by atoms with Gasteiger partial charge in [-0.25, -0.2) is 0 Å². The van der Waals surface area contributed by atoms with Crippen LogP contribution < -0.4 is 5.32 Å². The first-order valence-electron chi connectivity index (χ1n) is 8.34. The number of aryl methyl sites for hydroxylation is 3. The Kier molecular flexibility index (Phi) is 4.70. The standard InChI is InChI=1S/C19H22N4O2/c1-5-18-21-22-19(25-18)16-10-13(3)23(14(16)4)11-17(24)20-15-8-6-12(2)7-9-15/h6-10H,5,11H2,1-4H3,(H,20,24). The van der Waals surface area contributed by atoms with Gasteiger partial charge in [0.2, 0.25) is 17.7 Å². The lowest BCUT2D eigenvalue weighted by Gasteiger charge is -2.10. The molecule has 2 aromatic heterocycles. The molecule has 3 rings (SSSR count). The minimum absolute atomic E-state index is 0.0722. The number of benzene rings is 1. The van der Waals surface area contributed by atoms with Crippen molar-refractivity contribution < 1.29 is 9.21 Å². The smallest absolute Gasteiger partial charge is 0.249 e. The van der Waals surface area contributed by atoms with Crippen LogP contribution in [0, 0.1) is 20.8 Å². The van der Waals surface area contributed by atoms with Crippen LogP contribution >= 0.6 is 0 Å². The van der Waals surface area contributed by atoms with Gasteiger partial charge in [-0.15, -0.1) is 10.2 Å². The van der Waals surface area contributed by atoms with E-state index in [1.54, 1.807) is 0 Å². The lowest BCUT2D eigenvalue weighted by molar-refractivity contribution is -0.116. The van der Waals surface area contributed by atoms with Crippen molar-refractivity contribution in [3.8, 4) is 11.5 Å². The first-order valence-corrected chi connectivity index (χ1v) is 8.34. The van der Waals surface area contributed by atoms with Crippen molar-refractivity contribution in [2.24, 2.45) is 0 Å². The molecular weight excluding hydrogens is 316 g/mol. The van der Waals surface area contributed by atoms with Gasteiger partial charge in [-0.2, -0.15) is 0 Å². The summed E-state index contributed by atoms with van der Waals surface area (Å²) >= 11 is 0. The number of hydrogen-bond donors (Lipinski definition) is 1. The van der Waals surface area contributed by atoms with Crippen LogP contribution in [0.15, 0.2) is 34.7 Å². The monoisotopic (exact) mass is 338 g/mol. The molecule has 0 aliphatic heterocycles. The van der Waals surface area contributed by atoms with Crippen LogP contribution in [0.5, 0.6) is 0 Å². The van der Waals surface area contributed by atoms with Crippen LogP contribution in [-0.4, -0.2) is 20.7 Å². The Morgan fingerprint density at radius 2 is 1.88 bits per heavy atom. The number of carbonyl (C=O) groups is 1. The van der Waals surface area contributed by atoms with E-state index in [1.165, 1.54) is 0 Å². The summed E-state index contributed by atoms with van der Waals surface area (Å²) in [5, 5.41) is 11.0. The van der Waals surface area contributed by atoms with Crippen molar-refractivity contribution in [3.05, 3.63) is 53.2 Å². The van der Waals surface area contributed by atoms with Crippen LogP contribution in [0.1, 0.15) is 29.8 Å². The minimum Gasteiger partial charge on any atom is -0.421 e. The Hall–Kier alpha value is -2.89. The topological polar surface area (TPSA) is 73.0 Å². The predicted octanol–water partition coefficient (Wildman–Crippen LogP) is 3.66. The van der Waals surface area contributed by atoms with Gasteiger partial charge in [0.05, 0.1) is 5.56 Å². The molecule has 0 bridgehead atoms. The Balaban J connectivity index is 1.78. The summed E-state index contributed by atoms with van der Waals surface area (Å²) in [7, 11) is 0. The van der Waals surface area contributed by atoms with Gasteiger partial charge in [0.25, 0.3) is 0 Å². The maximum absolute atomic E-state index is 12.4. The van der Waals surface area contributed by atoms with Crippen molar-refractivity contribution in [1.29, 1.82) is 0 Å². The van der Waals surface area contributed by atoms with Gasteiger partial charge in [-0.3, -0.25) is 4.79 Å². The SMILES string of the molecule is CCc1nnc(-c2cc(C)n(CC(=O)Nc3ccc(C)cc3)c2C)o1. The van der Waals surface area contributed by atoms with Crippen LogP contribution in [0.2, 0.25) is 0 Å². The van der Waals surface area contributed by atoms with E-state index in [0.717, 1.165) is 28.2 Å². The molecule has 0 spiro atoms. The molecule has 130 valence electrons. The number of nitrogens with one attached hydrogen (secondary N) is 1. The van der Waals surface area contributed by atoms with E-state index in [9.17, 15) is 4.79 Å². The molecule has 0 saturated carbocycles. The van der Waals surface area contributed by atoms with E-state index >= 15 is 0 Å². The molecule has 1 amide bonds. The number of aromatic nitrogens is 3. The van der Waals surface area contributed by atoms with Gasteiger partial charge >= 0.3 is 0 Å². The second kappa shape index (κ2) is 6.93. The normalized spacial score (nSPS) is 10.9. The van der Waals surface area contributed by atoms with E-state index in [4.69, 9.17) is 4.42 Å². The summed E-state index contributed by atoms with van der Waals surface area (Å²) in [5.41, 5.74) is 4.73. The van der Waals surface area contributed by atoms with E-state index in [-0.39, 0.29) is 12.5 Å². The maximum Gasteiger partial charge on any atom is 0.249 e. The van der Waals surface area contributed by atoms with Crippen molar-refractivity contribution in [3.63, 3.8) is 0 Å². The Bertz CT molecular complexity index is 891. The van der Waals surface area contributed by atoms with Gasteiger partial charge in [0.1, 0.15) is 6.54 Å². The van der Waals surface area contributed by atoms with Crippen molar-refractivity contribution >= 4 is 11.6 Å². The third kappa shape index (κ3) is 3.63. The first kappa shape index (κ1) is 17.0. The summed E-state index contributed by atoms with van der Waals surface area (Å²) in [6.45, 7) is 8.14. The van der Waals surface area contributed by atoms with E-state index in [0.29, 0.717) is 18.2 Å². The fourth-order valence-electron chi connectivity index (χ4n) is 2.75. The average molecular weight is 338 g/mol. The molecule has 2 heterocycles. The molecule has 3 aromatic rings. The molecule has 0 fully saturated rings. The van der Waals surface area contributed by atoms with Crippen LogP contribution in [0.25, 0.3) is 11.5 Å². The summed E-state index contributed by atoms with van der Waals surface area (Å²) in [5.74, 6) is 1.03. The quantitative estimate of drug-likeness (QED) is 0.770. The molecule has 6 nitrogen and oxygen atoms in total. The Morgan fingerprint density at radius 3 is 2.52 bits per heavy atom. The highest BCUT2D eigenvalue weighted by Gasteiger charge is 2.17. The third-order valence-electron chi connectivity index (χ3n) is 4.21. The molecule has 6 heteroatoms. The molecule has 25 heavy (non-hydrogen) atoms. The Labute approximate surface area is 146 Å². The molecule has 1 aromatic carbocycles. The Morgan fingerprint density at radius 1 is 1.16 bits per heavy atom. The summed E-state index contributed by atoms with van der Waals surface area (Å²) < 4.78 is 7.60. The van der Waals surface area contributed by atoms with E-state index in [1.807, 2.05) is 62.6 Å². The zero-order valence-corrected chi connectivity index (χ0v) is 15.0. The largest absolute Gasteiger partial charge is 0.421 e. The minimum atomic E-state index is -0.0722. The fraction of sp³-hybridized carbons (Fsp3) is 0.316. The first-order chi connectivity index (χ1) is 12.0. The molecular formula is C19H22N4O2. The van der Waals surface area contributed by atoms with E-state index in [2.05, 4.69) is 15.5 Å². The fourth-order valence-corrected chi connectivity index (χ4v) is 2.75. The molecule has 0 unspecified atom stereocenters. The number of amides is 1. The molecule has 0 saturated heterocycles. The van der Waals surface area contributed by atoms with Crippen molar-refractivity contribution in [2.75, 3.05) is 5.32 Å².